The Kier molecular flexibility index (Phi) is 27.0. The van der Waals surface area contributed by atoms with Crippen LogP contribution in [0.1, 0.15) is 115 Å². The molecule has 0 amide bonds. The predicted molar refractivity (Wildman–Crippen MR) is 113 cm³/mol. The molecule has 3 atom stereocenters. The summed E-state index contributed by atoms with van der Waals surface area (Å²) in [5.41, 5.74) is 0. The first-order valence-electron chi connectivity index (χ1n) is 9.72. The van der Waals surface area contributed by atoms with E-state index < -0.39 is 0 Å². The molecule has 0 rings (SSSR count). The van der Waals surface area contributed by atoms with Crippen molar-refractivity contribution in [3.05, 3.63) is 0 Å². The third kappa shape index (κ3) is 27.2. The van der Waals surface area contributed by atoms with Gasteiger partial charge < -0.3 is 0 Å². The van der Waals surface area contributed by atoms with Crippen LogP contribution >= 0.6 is 0 Å². The summed E-state index contributed by atoms with van der Waals surface area (Å²) in [5.74, 6) is 4.55. The summed E-state index contributed by atoms with van der Waals surface area (Å²) in [6.45, 7) is 20.9. The zero-order chi connectivity index (χ0) is 16.8. The van der Waals surface area contributed by atoms with Crippen LogP contribution in [0.4, 0.5) is 0 Å². The van der Waals surface area contributed by atoms with Gasteiger partial charge in [0.25, 0.3) is 0 Å². The molecule has 0 aliphatic heterocycles. The Morgan fingerprint density at radius 2 is 0.957 bits per heavy atom. The van der Waals surface area contributed by atoms with Gasteiger partial charge in [-0.3, -0.25) is 0 Å². The number of hydrogen-bond acceptors (Lipinski definition) is 0. The van der Waals surface area contributed by atoms with Crippen LogP contribution < -0.4 is 0 Å². The third-order valence-corrected chi connectivity index (χ3v) is 4.38. The Morgan fingerprint density at radius 3 is 1.26 bits per heavy atom. The van der Waals surface area contributed by atoms with E-state index >= 15 is 0 Å². The molecule has 0 aromatic rings. The average Bonchev–Trinajstić information content (AvgIpc) is 2.36. The maximum atomic E-state index is 2.40. The van der Waals surface area contributed by atoms with E-state index in [2.05, 4.69) is 62.3 Å². The molecule has 1 heteroatoms. The van der Waals surface area contributed by atoms with Crippen LogP contribution in [-0.2, 0) is 0 Å². The van der Waals surface area contributed by atoms with Gasteiger partial charge in [-0.2, -0.15) is 0 Å². The molecule has 141 valence electrons. The lowest BCUT2D eigenvalue weighted by Gasteiger charge is -2.16. The molecule has 0 aliphatic rings. The fraction of sp³-hybridized carbons (Fsp3) is 1.00. The van der Waals surface area contributed by atoms with Crippen molar-refractivity contribution in [1.29, 1.82) is 0 Å². The van der Waals surface area contributed by atoms with E-state index in [-0.39, 0.29) is 15.8 Å². The first kappa shape index (κ1) is 30.9. The van der Waals surface area contributed by atoms with Gasteiger partial charge in [0.2, 0.25) is 0 Å². The molecule has 0 spiro atoms. The first-order chi connectivity index (χ1) is 9.72. The van der Waals surface area contributed by atoms with Crippen LogP contribution in [0, 0.1) is 29.6 Å². The summed E-state index contributed by atoms with van der Waals surface area (Å²) in [6, 6.07) is 0. The molecular weight excluding hydrogens is 275 g/mol. The Bertz CT molecular complexity index is 198. The van der Waals surface area contributed by atoms with Gasteiger partial charge in [-0.05, 0) is 42.4 Å². The van der Waals surface area contributed by atoms with E-state index in [1.807, 2.05) is 0 Å². The molecule has 0 bridgehead atoms. The van der Waals surface area contributed by atoms with Gasteiger partial charge in [-0.15, -0.1) is 0 Å². The van der Waals surface area contributed by atoms with Gasteiger partial charge in [0.05, 0.1) is 0 Å². The molecule has 0 fully saturated rings. The lowest BCUT2D eigenvalue weighted by atomic mass is 9.90. The van der Waals surface area contributed by atoms with Crippen LogP contribution in [0.25, 0.3) is 0 Å². The molecule has 0 nitrogen and oxygen atoms in total. The summed E-state index contributed by atoms with van der Waals surface area (Å²) in [4.78, 5) is 0. The minimum atomic E-state index is 0. The molecule has 0 saturated carbocycles. The second kappa shape index (κ2) is 20.1. The summed E-state index contributed by atoms with van der Waals surface area (Å²) < 4.78 is 0. The summed E-state index contributed by atoms with van der Waals surface area (Å²) in [6.07, 6.45) is 9.74. The van der Waals surface area contributed by atoms with Gasteiger partial charge >= 0.3 is 0 Å². The molecule has 3 unspecified atom stereocenters. The smallest absolute Gasteiger partial charge is 0 e. The second-order valence-electron chi connectivity index (χ2n) is 8.35. The zero-order valence-corrected chi connectivity index (χ0v) is 17.4. The lowest BCUT2D eigenvalue weighted by molar-refractivity contribution is 0.362. The van der Waals surface area contributed by atoms with Crippen molar-refractivity contribution < 1.29 is 0 Å². The van der Waals surface area contributed by atoms with E-state index in [9.17, 15) is 0 Å². The highest BCUT2D eigenvalue weighted by molar-refractivity contribution is 5.75. The standard InChI is InChI=1S/C13H28.C8H18.CH4.B/c1-6-7-12(4)8-9-13(5)10-11(2)3;1-5-8(4)6-7(2)3;;/h11-13H,6-10H2,1-5H3;7-8H,5-6H2,1-4H3;1H4;. The van der Waals surface area contributed by atoms with Gasteiger partial charge in [0, 0.05) is 8.41 Å². The fourth-order valence-electron chi connectivity index (χ4n) is 3.10. The molecule has 3 radical (unpaired) electrons. The number of rotatable bonds is 10. The van der Waals surface area contributed by atoms with Crippen LogP contribution in [0.5, 0.6) is 0 Å². The topological polar surface area (TPSA) is 0 Å². The third-order valence-electron chi connectivity index (χ3n) is 4.38. The van der Waals surface area contributed by atoms with Gasteiger partial charge in [-0.25, -0.2) is 0 Å². The van der Waals surface area contributed by atoms with Crippen molar-refractivity contribution in [2.24, 2.45) is 29.6 Å². The lowest BCUT2D eigenvalue weighted by Crippen LogP contribution is -2.03. The maximum absolute atomic E-state index is 2.40. The molecule has 0 aliphatic carbocycles. The van der Waals surface area contributed by atoms with E-state index in [1.165, 1.54) is 44.9 Å². The molecule has 0 aromatic carbocycles. The van der Waals surface area contributed by atoms with Gasteiger partial charge in [0.15, 0.2) is 0 Å². The molecular formula is C22H50B. The monoisotopic (exact) mass is 325 g/mol. The maximum Gasteiger partial charge on any atom is 0 e. The van der Waals surface area contributed by atoms with Crippen LogP contribution in [0.2, 0.25) is 0 Å². The number of hydrogen-bond donors (Lipinski definition) is 0. The van der Waals surface area contributed by atoms with Crippen LogP contribution in [-0.4, -0.2) is 8.41 Å². The zero-order valence-electron chi connectivity index (χ0n) is 17.4. The molecule has 23 heavy (non-hydrogen) atoms. The normalized spacial score (nSPS) is 14.2. The Hall–Kier alpha value is 0.0649. The largest absolute Gasteiger partial charge is 0.0776 e. The summed E-state index contributed by atoms with van der Waals surface area (Å²) in [7, 11) is 0. The Morgan fingerprint density at radius 1 is 0.565 bits per heavy atom. The highest BCUT2D eigenvalue weighted by Crippen LogP contribution is 2.21. The molecule has 0 saturated heterocycles. The van der Waals surface area contributed by atoms with E-state index in [0.717, 1.165) is 29.6 Å². The van der Waals surface area contributed by atoms with Crippen molar-refractivity contribution in [3.63, 3.8) is 0 Å². The Balaban J connectivity index is -0.000000158. The molecule has 0 aromatic heterocycles. The summed E-state index contributed by atoms with van der Waals surface area (Å²) >= 11 is 0. The van der Waals surface area contributed by atoms with Crippen molar-refractivity contribution in [1.82, 2.24) is 0 Å². The van der Waals surface area contributed by atoms with E-state index in [1.54, 1.807) is 0 Å². The van der Waals surface area contributed by atoms with E-state index in [0.29, 0.717) is 0 Å². The van der Waals surface area contributed by atoms with Crippen molar-refractivity contribution in [3.8, 4) is 0 Å². The van der Waals surface area contributed by atoms with Crippen LogP contribution in [0.15, 0.2) is 0 Å². The SMILES string of the molecule is C.CCC(C)CC(C)C.CCCC(C)CCC(C)CC(C)C.[B]. The first-order valence-corrected chi connectivity index (χ1v) is 9.72. The highest BCUT2D eigenvalue weighted by Gasteiger charge is 2.07. The van der Waals surface area contributed by atoms with Crippen molar-refractivity contribution >= 4 is 8.41 Å². The minimum Gasteiger partial charge on any atom is -0.0776 e. The van der Waals surface area contributed by atoms with Crippen molar-refractivity contribution in [2.45, 2.75) is 115 Å². The predicted octanol–water partition coefficient (Wildman–Crippen LogP) is 8.22. The average molecular weight is 325 g/mol. The van der Waals surface area contributed by atoms with E-state index in [4.69, 9.17) is 0 Å². The molecule has 0 heterocycles. The van der Waals surface area contributed by atoms with Crippen LogP contribution in [0.3, 0.4) is 0 Å². The second-order valence-corrected chi connectivity index (χ2v) is 8.35. The minimum absolute atomic E-state index is 0. The molecule has 0 N–H and O–H groups in total. The fourth-order valence-corrected chi connectivity index (χ4v) is 3.10. The summed E-state index contributed by atoms with van der Waals surface area (Å²) in [5, 5.41) is 0. The van der Waals surface area contributed by atoms with Gasteiger partial charge in [-0.1, -0.05) is 102 Å². The highest BCUT2D eigenvalue weighted by atomic mass is 14.1. The Labute approximate surface area is 153 Å². The van der Waals surface area contributed by atoms with Gasteiger partial charge in [0.1, 0.15) is 0 Å². The van der Waals surface area contributed by atoms with Crippen molar-refractivity contribution in [2.75, 3.05) is 0 Å². The quantitative estimate of drug-likeness (QED) is 0.355.